The first-order valence-corrected chi connectivity index (χ1v) is 9.77. The number of hydrogen-bond donors (Lipinski definition) is 3. The molecule has 0 radical (unpaired) electrons. The molecule has 5 rings (SSSR count). The van der Waals surface area contributed by atoms with Crippen molar-refractivity contribution in [2.24, 2.45) is 5.10 Å². The summed E-state index contributed by atoms with van der Waals surface area (Å²) in [5.74, 6) is 3.96. The second-order valence-electron chi connectivity index (χ2n) is 6.86. The van der Waals surface area contributed by atoms with Crippen LogP contribution in [0.15, 0.2) is 72.0 Å². The number of terminal acetylenes is 1. The number of ether oxygens (including phenoxy) is 2. The quantitative estimate of drug-likeness (QED) is 0.407. The van der Waals surface area contributed by atoms with E-state index in [-0.39, 0.29) is 6.61 Å². The molecule has 0 fully saturated rings. The fourth-order valence-electron chi connectivity index (χ4n) is 3.27. The average Bonchev–Trinajstić information content (AvgIpc) is 3.44. The largest absolute Gasteiger partial charge is 0.481 e. The van der Waals surface area contributed by atoms with E-state index in [2.05, 4.69) is 31.8 Å². The predicted octanol–water partition coefficient (Wildman–Crippen LogP) is 2.71. The SMILES string of the molecule is C#CCOc1ccc(-c2cccn3nc(Nc4ccc(C5=NNC(O)O5)cc4)nc23)cc1. The molecule has 1 aliphatic heterocycles. The molecule has 0 aliphatic carbocycles. The first-order valence-electron chi connectivity index (χ1n) is 9.77. The highest BCUT2D eigenvalue weighted by atomic mass is 16.6. The minimum atomic E-state index is -1.12. The van der Waals surface area contributed by atoms with Gasteiger partial charge >= 0.3 is 0 Å². The van der Waals surface area contributed by atoms with Gasteiger partial charge in [0.25, 0.3) is 6.41 Å². The van der Waals surface area contributed by atoms with Crippen molar-refractivity contribution in [1.82, 2.24) is 20.0 Å². The molecule has 0 amide bonds. The number of hydrazone groups is 1. The van der Waals surface area contributed by atoms with Crippen LogP contribution in [0.25, 0.3) is 16.8 Å². The second-order valence-corrected chi connectivity index (χ2v) is 6.86. The van der Waals surface area contributed by atoms with Gasteiger partial charge < -0.3 is 19.9 Å². The van der Waals surface area contributed by atoms with Gasteiger partial charge in [-0.15, -0.1) is 16.6 Å². The highest BCUT2D eigenvalue weighted by molar-refractivity contribution is 5.95. The van der Waals surface area contributed by atoms with Crippen molar-refractivity contribution in [3.63, 3.8) is 0 Å². The third-order valence-electron chi connectivity index (χ3n) is 4.74. The molecule has 9 heteroatoms. The first-order chi connectivity index (χ1) is 15.7. The van der Waals surface area contributed by atoms with Crippen molar-refractivity contribution in [3.8, 4) is 29.2 Å². The van der Waals surface area contributed by atoms with Crippen molar-refractivity contribution in [3.05, 3.63) is 72.4 Å². The van der Waals surface area contributed by atoms with Crippen molar-refractivity contribution in [1.29, 1.82) is 0 Å². The molecule has 0 bridgehead atoms. The van der Waals surface area contributed by atoms with E-state index in [1.54, 1.807) is 4.52 Å². The Balaban J connectivity index is 1.37. The summed E-state index contributed by atoms with van der Waals surface area (Å²) >= 11 is 0. The zero-order chi connectivity index (χ0) is 21.9. The lowest BCUT2D eigenvalue weighted by molar-refractivity contribution is -0.0330. The fraction of sp³-hybridized carbons (Fsp3) is 0.0870. The fourth-order valence-corrected chi connectivity index (χ4v) is 3.27. The molecular formula is C23H18N6O3. The summed E-state index contributed by atoms with van der Waals surface area (Å²) in [5, 5.41) is 21.0. The molecule has 1 aliphatic rings. The predicted molar refractivity (Wildman–Crippen MR) is 119 cm³/mol. The van der Waals surface area contributed by atoms with Gasteiger partial charge in [-0.25, -0.2) is 9.94 Å². The maximum absolute atomic E-state index is 9.34. The van der Waals surface area contributed by atoms with Crippen molar-refractivity contribution in [2.45, 2.75) is 6.41 Å². The molecule has 4 aromatic rings. The molecule has 1 unspecified atom stereocenters. The third-order valence-corrected chi connectivity index (χ3v) is 4.74. The molecule has 2 aromatic heterocycles. The second kappa shape index (κ2) is 8.29. The van der Waals surface area contributed by atoms with Gasteiger partial charge in [-0.1, -0.05) is 18.1 Å². The maximum atomic E-state index is 9.34. The Morgan fingerprint density at radius 2 is 1.91 bits per heavy atom. The van der Waals surface area contributed by atoms with Gasteiger partial charge in [-0.2, -0.15) is 4.98 Å². The molecule has 9 nitrogen and oxygen atoms in total. The lowest BCUT2D eigenvalue weighted by Crippen LogP contribution is -2.20. The van der Waals surface area contributed by atoms with E-state index in [0.717, 1.165) is 28.0 Å². The van der Waals surface area contributed by atoms with E-state index >= 15 is 0 Å². The van der Waals surface area contributed by atoms with Crippen molar-refractivity contribution >= 4 is 23.2 Å². The number of aliphatic hydroxyl groups is 1. The molecule has 32 heavy (non-hydrogen) atoms. The van der Waals surface area contributed by atoms with E-state index in [1.165, 1.54) is 0 Å². The Labute approximate surface area is 183 Å². The van der Waals surface area contributed by atoms with Gasteiger partial charge in [-0.05, 0) is 54.1 Å². The Bertz CT molecular complexity index is 1320. The Kier molecular flexibility index (Phi) is 5.03. The van der Waals surface area contributed by atoms with Crippen molar-refractivity contribution < 1.29 is 14.6 Å². The van der Waals surface area contributed by atoms with Crippen LogP contribution in [0.3, 0.4) is 0 Å². The number of hydrogen-bond acceptors (Lipinski definition) is 8. The number of pyridine rings is 1. The number of aromatic nitrogens is 3. The zero-order valence-electron chi connectivity index (χ0n) is 16.8. The van der Waals surface area contributed by atoms with E-state index in [9.17, 15) is 5.11 Å². The molecule has 158 valence electrons. The summed E-state index contributed by atoms with van der Waals surface area (Å²) in [4.78, 5) is 4.66. The third kappa shape index (κ3) is 3.90. The number of benzene rings is 2. The summed E-state index contributed by atoms with van der Waals surface area (Å²) in [6, 6.07) is 18.9. The molecule has 0 saturated carbocycles. The summed E-state index contributed by atoms with van der Waals surface area (Å²) in [7, 11) is 0. The Hall–Kier alpha value is -4.55. The minimum Gasteiger partial charge on any atom is -0.481 e. The molecule has 2 aromatic carbocycles. The maximum Gasteiger partial charge on any atom is 0.295 e. The topological polar surface area (TPSA) is 105 Å². The standard InChI is InChI=1S/C23H18N6O3/c1-2-14-31-18-11-7-15(8-12-18)19-4-3-13-29-20(19)25-22(28-29)24-17-9-5-16(6-10-17)21-26-27-23(30)32-21/h1,3-13,23,27,30H,14H2,(H,24,28). The normalized spacial score (nSPS) is 14.9. The first kappa shape index (κ1) is 19.4. The van der Waals surface area contributed by atoms with Crippen LogP contribution in [0.4, 0.5) is 11.6 Å². The smallest absolute Gasteiger partial charge is 0.295 e. The number of nitrogens with one attached hydrogen (secondary N) is 2. The Morgan fingerprint density at radius 3 is 2.62 bits per heavy atom. The van der Waals surface area contributed by atoms with Crippen molar-refractivity contribution in [2.75, 3.05) is 11.9 Å². The van der Waals surface area contributed by atoms with Crippen LogP contribution in [-0.2, 0) is 4.74 Å². The van der Waals surface area contributed by atoms with Crippen LogP contribution in [-0.4, -0.2) is 38.6 Å². The Morgan fingerprint density at radius 1 is 1.12 bits per heavy atom. The molecular weight excluding hydrogens is 408 g/mol. The van der Waals surface area contributed by atoms with Gasteiger partial charge in [0.1, 0.15) is 12.4 Å². The number of anilines is 2. The lowest BCUT2D eigenvalue weighted by atomic mass is 10.1. The molecule has 0 saturated heterocycles. The lowest BCUT2D eigenvalue weighted by Gasteiger charge is -2.05. The average molecular weight is 426 g/mol. The van der Waals surface area contributed by atoms with Gasteiger partial charge in [0.05, 0.1) is 0 Å². The van der Waals surface area contributed by atoms with E-state index in [0.29, 0.717) is 17.6 Å². The zero-order valence-corrected chi connectivity index (χ0v) is 16.8. The van der Waals surface area contributed by atoms with Gasteiger partial charge in [0.2, 0.25) is 11.8 Å². The van der Waals surface area contributed by atoms with Crippen LogP contribution in [0.5, 0.6) is 5.75 Å². The van der Waals surface area contributed by atoms with E-state index in [1.807, 2.05) is 66.9 Å². The summed E-state index contributed by atoms with van der Waals surface area (Å²) in [5.41, 5.74) is 6.62. The molecule has 1 atom stereocenters. The van der Waals surface area contributed by atoms with Crippen LogP contribution in [0, 0.1) is 12.3 Å². The highest BCUT2D eigenvalue weighted by Crippen LogP contribution is 2.27. The van der Waals surface area contributed by atoms with Gasteiger partial charge in [-0.3, -0.25) is 0 Å². The van der Waals surface area contributed by atoms with Gasteiger partial charge in [0, 0.05) is 23.0 Å². The van der Waals surface area contributed by atoms with E-state index in [4.69, 9.17) is 15.9 Å². The van der Waals surface area contributed by atoms with Gasteiger partial charge in [0.15, 0.2) is 5.65 Å². The van der Waals surface area contributed by atoms with Crippen LogP contribution < -0.4 is 15.5 Å². The molecule has 3 N–H and O–H groups in total. The number of rotatable bonds is 6. The number of aliphatic hydroxyl groups excluding tert-OH is 1. The minimum absolute atomic E-state index is 0.231. The number of nitrogens with zero attached hydrogens (tertiary/aromatic N) is 4. The summed E-state index contributed by atoms with van der Waals surface area (Å²) in [6.45, 7) is 0.231. The molecule has 0 spiro atoms. The highest BCUT2D eigenvalue weighted by Gasteiger charge is 2.17. The monoisotopic (exact) mass is 426 g/mol. The van der Waals surface area contributed by atoms with Crippen LogP contribution >= 0.6 is 0 Å². The summed E-state index contributed by atoms with van der Waals surface area (Å²) in [6.07, 6.45) is 5.96. The van der Waals surface area contributed by atoms with Crippen LogP contribution in [0.1, 0.15) is 5.56 Å². The summed E-state index contributed by atoms with van der Waals surface area (Å²) < 4.78 is 12.3. The molecule has 3 heterocycles. The van der Waals surface area contributed by atoms with Crippen LogP contribution in [0.2, 0.25) is 0 Å². The number of fused-ring (bicyclic) bond motifs is 1. The van der Waals surface area contributed by atoms with E-state index < -0.39 is 6.41 Å².